The zero-order chi connectivity index (χ0) is 14.7. The van der Waals surface area contributed by atoms with Crippen LogP contribution in [-0.2, 0) is 11.3 Å². The van der Waals surface area contributed by atoms with E-state index in [1.54, 1.807) is 0 Å². The van der Waals surface area contributed by atoms with Gasteiger partial charge in [-0.3, -0.25) is 4.90 Å². The van der Waals surface area contributed by atoms with E-state index in [4.69, 9.17) is 10.6 Å². The first-order valence-electron chi connectivity index (χ1n) is 7.71. The molecule has 2 aliphatic rings. The molecule has 21 heavy (non-hydrogen) atoms. The van der Waals surface area contributed by atoms with Crippen molar-refractivity contribution in [1.29, 1.82) is 0 Å². The van der Waals surface area contributed by atoms with Crippen LogP contribution in [0.2, 0.25) is 0 Å². The summed E-state index contributed by atoms with van der Waals surface area (Å²) in [5.41, 5.74) is 2.62. The third kappa shape index (κ3) is 3.61. The van der Waals surface area contributed by atoms with Gasteiger partial charge in [0.2, 0.25) is 0 Å². The van der Waals surface area contributed by atoms with Gasteiger partial charge in [-0.2, -0.15) is 0 Å². The molecule has 1 saturated heterocycles. The zero-order valence-corrected chi connectivity index (χ0v) is 12.6. The number of nitrogens with zero attached hydrogens (tertiary/aromatic N) is 4. The molecule has 3 N–H and O–H groups in total. The van der Waals surface area contributed by atoms with Crippen molar-refractivity contribution in [3.8, 4) is 0 Å². The van der Waals surface area contributed by atoms with E-state index in [0.717, 1.165) is 38.0 Å². The van der Waals surface area contributed by atoms with E-state index in [1.807, 2.05) is 13.0 Å². The second kappa shape index (κ2) is 6.55. The first-order valence-corrected chi connectivity index (χ1v) is 7.71. The van der Waals surface area contributed by atoms with Crippen LogP contribution >= 0.6 is 0 Å². The number of ether oxygens (including phenoxy) is 1. The molecule has 116 valence electrons. The Morgan fingerprint density at radius 2 is 2.05 bits per heavy atom. The third-order valence-corrected chi connectivity index (χ3v) is 4.04. The third-order valence-electron chi connectivity index (χ3n) is 4.04. The number of anilines is 2. The molecular weight excluding hydrogens is 268 g/mol. The van der Waals surface area contributed by atoms with Crippen LogP contribution in [0.4, 0.5) is 11.6 Å². The van der Waals surface area contributed by atoms with Crippen molar-refractivity contribution < 1.29 is 4.74 Å². The lowest BCUT2D eigenvalue weighted by Crippen LogP contribution is -2.47. The average Bonchev–Trinajstić information content (AvgIpc) is 3.37. The second-order valence-electron chi connectivity index (χ2n) is 5.56. The van der Waals surface area contributed by atoms with Crippen LogP contribution < -0.4 is 16.2 Å². The number of hydrogen-bond acceptors (Lipinski definition) is 7. The Balaban J connectivity index is 1.68. The predicted molar refractivity (Wildman–Crippen MR) is 82.0 cm³/mol. The van der Waals surface area contributed by atoms with Crippen LogP contribution in [0.5, 0.6) is 0 Å². The number of rotatable bonds is 6. The number of nitrogen functional groups attached to an aromatic ring is 1. The van der Waals surface area contributed by atoms with Gasteiger partial charge in [-0.05, 0) is 19.8 Å². The van der Waals surface area contributed by atoms with Crippen molar-refractivity contribution in [1.82, 2.24) is 14.9 Å². The van der Waals surface area contributed by atoms with Crippen LogP contribution in [-0.4, -0.2) is 53.7 Å². The minimum Gasteiger partial charge on any atom is -0.374 e. The van der Waals surface area contributed by atoms with Gasteiger partial charge in [-0.1, -0.05) is 0 Å². The first kappa shape index (κ1) is 14.5. The minimum atomic E-state index is 0.418. The predicted octanol–water partition coefficient (Wildman–Crippen LogP) is 0.583. The summed E-state index contributed by atoms with van der Waals surface area (Å²) in [6.45, 7) is 7.27. The van der Waals surface area contributed by atoms with Gasteiger partial charge in [0.25, 0.3) is 0 Å². The van der Waals surface area contributed by atoms with Crippen molar-refractivity contribution in [2.45, 2.75) is 32.4 Å². The van der Waals surface area contributed by atoms with E-state index in [-0.39, 0.29) is 0 Å². The fourth-order valence-electron chi connectivity index (χ4n) is 2.73. The molecule has 0 bridgehead atoms. The highest BCUT2D eigenvalue weighted by Gasteiger charge is 2.31. The summed E-state index contributed by atoms with van der Waals surface area (Å²) in [4.78, 5) is 13.8. The summed E-state index contributed by atoms with van der Waals surface area (Å²) in [5.74, 6) is 7.75. The molecule has 3 rings (SSSR count). The molecule has 0 aromatic carbocycles. The van der Waals surface area contributed by atoms with Gasteiger partial charge >= 0.3 is 0 Å². The molecule has 2 fully saturated rings. The van der Waals surface area contributed by atoms with E-state index in [2.05, 4.69) is 25.2 Å². The molecule has 0 spiro atoms. The van der Waals surface area contributed by atoms with Crippen LogP contribution in [0.15, 0.2) is 6.07 Å². The van der Waals surface area contributed by atoms with E-state index >= 15 is 0 Å². The highest BCUT2D eigenvalue weighted by Crippen LogP contribution is 2.28. The number of aromatic nitrogens is 2. The molecule has 0 unspecified atom stereocenters. The quantitative estimate of drug-likeness (QED) is 0.586. The topological polar surface area (TPSA) is 79.5 Å². The van der Waals surface area contributed by atoms with Crippen molar-refractivity contribution in [3.63, 3.8) is 0 Å². The largest absolute Gasteiger partial charge is 0.374 e. The van der Waals surface area contributed by atoms with Crippen molar-refractivity contribution in [2.24, 2.45) is 5.84 Å². The van der Waals surface area contributed by atoms with Gasteiger partial charge in [0.1, 0.15) is 18.2 Å². The molecule has 1 aromatic heterocycles. The van der Waals surface area contributed by atoms with Gasteiger partial charge in [-0.25, -0.2) is 15.8 Å². The summed E-state index contributed by atoms with van der Waals surface area (Å²) >= 11 is 0. The number of hydrogen-bond donors (Lipinski definition) is 2. The fraction of sp³-hybridized carbons (Fsp3) is 0.714. The van der Waals surface area contributed by atoms with Gasteiger partial charge < -0.3 is 15.1 Å². The van der Waals surface area contributed by atoms with E-state index in [9.17, 15) is 0 Å². The highest BCUT2D eigenvalue weighted by atomic mass is 16.5. The lowest BCUT2D eigenvalue weighted by Gasteiger charge is -2.35. The molecule has 0 atom stereocenters. The molecule has 1 aliphatic heterocycles. The lowest BCUT2D eigenvalue weighted by molar-refractivity contribution is 0.128. The van der Waals surface area contributed by atoms with Gasteiger partial charge in [0.15, 0.2) is 5.82 Å². The van der Waals surface area contributed by atoms with Crippen LogP contribution in [0.3, 0.4) is 0 Å². The molecule has 1 aliphatic carbocycles. The summed E-state index contributed by atoms with van der Waals surface area (Å²) in [6.07, 6.45) is 2.74. The number of nitrogens with two attached hydrogens (primary N) is 1. The number of nitrogens with one attached hydrogen (secondary N) is 1. The number of piperazine rings is 1. The van der Waals surface area contributed by atoms with Gasteiger partial charge in [-0.15, -0.1) is 0 Å². The van der Waals surface area contributed by atoms with E-state index < -0.39 is 0 Å². The Bertz CT molecular complexity index is 471. The van der Waals surface area contributed by atoms with Crippen molar-refractivity contribution in [2.75, 3.05) is 43.1 Å². The summed E-state index contributed by atoms with van der Waals surface area (Å²) in [5, 5.41) is 0. The maximum Gasteiger partial charge on any atom is 0.158 e. The normalized spacial score (nSPS) is 19.8. The molecule has 2 heterocycles. The molecular formula is C14H24N6O. The lowest BCUT2D eigenvalue weighted by atomic mass is 10.3. The number of hydrazine groups is 1. The smallest absolute Gasteiger partial charge is 0.158 e. The SMILES string of the molecule is CCOCc1nc(NN)cc(N2CCN(C3CC3)CC2)n1. The second-order valence-corrected chi connectivity index (χ2v) is 5.56. The zero-order valence-electron chi connectivity index (χ0n) is 12.6. The summed E-state index contributed by atoms with van der Waals surface area (Å²) < 4.78 is 5.40. The van der Waals surface area contributed by atoms with Crippen molar-refractivity contribution >= 4 is 11.6 Å². The maximum atomic E-state index is 5.51. The highest BCUT2D eigenvalue weighted by molar-refractivity contribution is 5.49. The average molecular weight is 292 g/mol. The maximum absolute atomic E-state index is 5.51. The fourth-order valence-corrected chi connectivity index (χ4v) is 2.73. The van der Waals surface area contributed by atoms with Crippen LogP contribution in [0.25, 0.3) is 0 Å². The summed E-state index contributed by atoms with van der Waals surface area (Å²) in [7, 11) is 0. The molecule has 7 heteroatoms. The molecule has 0 amide bonds. The monoisotopic (exact) mass is 292 g/mol. The molecule has 0 radical (unpaired) electrons. The van der Waals surface area contributed by atoms with Crippen LogP contribution in [0.1, 0.15) is 25.6 Å². The van der Waals surface area contributed by atoms with Crippen LogP contribution in [0, 0.1) is 0 Å². The standard InChI is InChI=1S/C14H24N6O/c1-2-21-10-13-16-12(18-15)9-14(17-13)20-7-5-19(6-8-20)11-3-4-11/h9,11H,2-8,10,15H2,1H3,(H,16,17,18). The molecule has 7 nitrogen and oxygen atoms in total. The van der Waals surface area contributed by atoms with E-state index in [1.165, 1.54) is 12.8 Å². The minimum absolute atomic E-state index is 0.418. The Hall–Kier alpha value is -1.44. The summed E-state index contributed by atoms with van der Waals surface area (Å²) in [6, 6.07) is 2.75. The van der Waals surface area contributed by atoms with Gasteiger partial charge in [0, 0.05) is 44.9 Å². The Morgan fingerprint density at radius 1 is 1.29 bits per heavy atom. The van der Waals surface area contributed by atoms with E-state index in [0.29, 0.717) is 24.9 Å². The van der Waals surface area contributed by atoms with Crippen molar-refractivity contribution in [3.05, 3.63) is 11.9 Å². The Kier molecular flexibility index (Phi) is 4.52. The molecule has 1 saturated carbocycles. The van der Waals surface area contributed by atoms with Gasteiger partial charge in [0.05, 0.1) is 0 Å². The first-order chi connectivity index (χ1) is 10.3. The Labute approximate surface area is 125 Å². The Morgan fingerprint density at radius 3 is 2.67 bits per heavy atom. The molecule has 1 aromatic rings.